The van der Waals surface area contributed by atoms with Gasteiger partial charge in [0, 0.05) is 24.0 Å². The fourth-order valence-electron chi connectivity index (χ4n) is 2.09. The van der Waals surface area contributed by atoms with Crippen molar-refractivity contribution in [2.24, 2.45) is 0 Å². The van der Waals surface area contributed by atoms with Gasteiger partial charge in [0.25, 0.3) is 0 Å². The molecule has 0 aromatic heterocycles. The van der Waals surface area contributed by atoms with E-state index < -0.39 is 0 Å². The van der Waals surface area contributed by atoms with Crippen LogP contribution < -0.4 is 20.7 Å². The number of nitrogens with one attached hydrogen (secondary N) is 3. The third kappa shape index (κ3) is 6.39. The first-order valence-electron chi connectivity index (χ1n) is 7.82. The van der Waals surface area contributed by atoms with Crippen molar-refractivity contribution in [2.75, 3.05) is 29.1 Å². The van der Waals surface area contributed by atoms with Crippen molar-refractivity contribution in [2.45, 2.75) is 6.92 Å². The topological polar surface area (TPSA) is 79.5 Å². The summed E-state index contributed by atoms with van der Waals surface area (Å²) in [5, 5.41) is 8.51. The van der Waals surface area contributed by atoms with Gasteiger partial charge in [0.15, 0.2) is 0 Å². The lowest BCUT2D eigenvalue weighted by molar-refractivity contribution is -0.115. The first-order valence-corrected chi connectivity index (χ1v) is 7.82. The molecule has 0 saturated heterocycles. The van der Waals surface area contributed by atoms with E-state index in [9.17, 15) is 9.59 Å². The molecule has 25 heavy (non-hydrogen) atoms. The second kappa shape index (κ2) is 9.12. The molecule has 2 amide bonds. The number of ether oxygens (including phenoxy) is 1. The lowest BCUT2D eigenvalue weighted by Crippen LogP contribution is -2.21. The maximum atomic E-state index is 12.0. The van der Waals surface area contributed by atoms with Gasteiger partial charge in [-0.2, -0.15) is 0 Å². The van der Waals surface area contributed by atoms with Gasteiger partial charge in [0.1, 0.15) is 12.4 Å². The molecule has 0 bridgehead atoms. The number of hydrogen-bond donors (Lipinski definition) is 3. The SMILES string of the molecule is C=CCOc1ccc(NC(=O)CNc2cccc(NC(C)=O)c2)cc1. The van der Waals surface area contributed by atoms with Crippen LogP contribution in [0.2, 0.25) is 0 Å². The number of rotatable bonds is 8. The monoisotopic (exact) mass is 339 g/mol. The summed E-state index contributed by atoms with van der Waals surface area (Å²) in [6.45, 7) is 5.58. The Labute approximate surface area is 146 Å². The molecule has 3 N–H and O–H groups in total. The Kier molecular flexibility index (Phi) is 6.59. The number of carbonyl (C=O) groups is 2. The number of anilines is 3. The molecule has 0 unspecified atom stereocenters. The highest BCUT2D eigenvalue weighted by atomic mass is 16.5. The third-order valence-corrected chi connectivity index (χ3v) is 3.14. The van der Waals surface area contributed by atoms with Crippen LogP contribution in [0.25, 0.3) is 0 Å². The number of amides is 2. The molecule has 0 fully saturated rings. The summed E-state index contributed by atoms with van der Waals surface area (Å²) in [4.78, 5) is 23.1. The molecule has 0 aliphatic rings. The van der Waals surface area contributed by atoms with Crippen LogP contribution >= 0.6 is 0 Å². The average Bonchev–Trinajstić information content (AvgIpc) is 2.59. The lowest BCUT2D eigenvalue weighted by atomic mass is 10.2. The van der Waals surface area contributed by atoms with Crippen molar-refractivity contribution in [3.8, 4) is 5.75 Å². The Hall–Kier alpha value is -3.28. The Morgan fingerprint density at radius 3 is 2.44 bits per heavy atom. The Balaban J connectivity index is 1.84. The van der Waals surface area contributed by atoms with Gasteiger partial charge in [-0.05, 0) is 42.5 Å². The molecular weight excluding hydrogens is 318 g/mol. The molecular formula is C19H21N3O3. The molecule has 130 valence electrons. The maximum Gasteiger partial charge on any atom is 0.243 e. The zero-order valence-electron chi connectivity index (χ0n) is 14.0. The predicted octanol–water partition coefficient (Wildman–Crippen LogP) is 3.26. The largest absolute Gasteiger partial charge is 0.490 e. The third-order valence-electron chi connectivity index (χ3n) is 3.14. The zero-order valence-corrected chi connectivity index (χ0v) is 14.0. The van der Waals surface area contributed by atoms with Gasteiger partial charge < -0.3 is 20.7 Å². The number of benzene rings is 2. The highest BCUT2D eigenvalue weighted by molar-refractivity contribution is 5.94. The van der Waals surface area contributed by atoms with E-state index >= 15 is 0 Å². The van der Waals surface area contributed by atoms with E-state index in [-0.39, 0.29) is 18.4 Å². The van der Waals surface area contributed by atoms with Gasteiger partial charge in [-0.3, -0.25) is 9.59 Å². The molecule has 6 heteroatoms. The molecule has 0 aliphatic heterocycles. The summed E-state index contributed by atoms with van der Waals surface area (Å²) < 4.78 is 5.39. The Morgan fingerprint density at radius 1 is 1.04 bits per heavy atom. The first-order chi connectivity index (χ1) is 12.1. The molecule has 2 aromatic rings. The zero-order chi connectivity index (χ0) is 18.1. The van der Waals surface area contributed by atoms with Crippen LogP contribution in [0.4, 0.5) is 17.1 Å². The number of hydrogen-bond acceptors (Lipinski definition) is 4. The summed E-state index contributed by atoms with van der Waals surface area (Å²) >= 11 is 0. The average molecular weight is 339 g/mol. The quantitative estimate of drug-likeness (QED) is 0.645. The van der Waals surface area contributed by atoms with Crippen LogP contribution in [0.3, 0.4) is 0 Å². The standard InChI is InChI=1S/C19H21N3O3/c1-3-11-25-18-9-7-15(8-10-18)22-19(24)13-20-16-5-4-6-17(12-16)21-14(2)23/h3-10,12,20H,1,11,13H2,2H3,(H,21,23)(H,22,24). The molecule has 0 radical (unpaired) electrons. The molecule has 2 aromatic carbocycles. The molecule has 0 aliphatic carbocycles. The maximum absolute atomic E-state index is 12.0. The summed E-state index contributed by atoms with van der Waals surface area (Å²) in [7, 11) is 0. The normalized spacial score (nSPS) is 9.80. The van der Waals surface area contributed by atoms with Crippen molar-refractivity contribution >= 4 is 28.9 Å². The molecule has 0 spiro atoms. The van der Waals surface area contributed by atoms with E-state index in [0.29, 0.717) is 23.7 Å². The summed E-state index contributed by atoms with van der Waals surface area (Å²) in [5.74, 6) is 0.394. The molecule has 0 atom stereocenters. The predicted molar refractivity (Wildman–Crippen MR) is 100.0 cm³/mol. The summed E-state index contributed by atoms with van der Waals surface area (Å²) in [5.41, 5.74) is 2.10. The summed E-state index contributed by atoms with van der Waals surface area (Å²) in [6.07, 6.45) is 1.67. The number of carbonyl (C=O) groups excluding carboxylic acids is 2. The fraction of sp³-hybridized carbons (Fsp3) is 0.158. The second-order valence-electron chi connectivity index (χ2n) is 5.29. The smallest absolute Gasteiger partial charge is 0.243 e. The Bertz CT molecular complexity index is 742. The van der Waals surface area contributed by atoms with Crippen LogP contribution in [0, 0.1) is 0 Å². The van der Waals surface area contributed by atoms with Crippen LogP contribution in [0.15, 0.2) is 61.2 Å². The van der Waals surface area contributed by atoms with E-state index in [1.54, 1.807) is 48.5 Å². The Morgan fingerprint density at radius 2 is 1.76 bits per heavy atom. The van der Waals surface area contributed by atoms with E-state index in [4.69, 9.17) is 4.74 Å². The van der Waals surface area contributed by atoms with Crippen LogP contribution in [-0.2, 0) is 9.59 Å². The lowest BCUT2D eigenvalue weighted by Gasteiger charge is -2.10. The van der Waals surface area contributed by atoms with Crippen molar-refractivity contribution < 1.29 is 14.3 Å². The van der Waals surface area contributed by atoms with Gasteiger partial charge in [-0.1, -0.05) is 18.7 Å². The van der Waals surface area contributed by atoms with Gasteiger partial charge in [-0.15, -0.1) is 0 Å². The van der Waals surface area contributed by atoms with Crippen molar-refractivity contribution in [1.82, 2.24) is 0 Å². The van der Waals surface area contributed by atoms with E-state index in [1.165, 1.54) is 6.92 Å². The van der Waals surface area contributed by atoms with Crippen molar-refractivity contribution in [1.29, 1.82) is 0 Å². The van der Waals surface area contributed by atoms with E-state index in [2.05, 4.69) is 22.5 Å². The minimum absolute atomic E-state index is 0.109. The van der Waals surface area contributed by atoms with Gasteiger partial charge in [0.05, 0.1) is 6.54 Å². The highest BCUT2D eigenvalue weighted by Gasteiger charge is 2.04. The molecule has 0 heterocycles. The molecule has 0 saturated carbocycles. The van der Waals surface area contributed by atoms with E-state index in [0.717, 1.165) is 5.69 Å². The van der Waals surface area contributed by atoms with Crippen molar-refractivity contribution in [3.05, 3.63) is 61.2 Å². The van der Waals surface area contributed by atoms with Gasteiger partial charge >= 0.3 is 0 Å². The summed E-state index contributed by atoms with van der Waals surface area (Å²) in [6, 6.07) is 14.3. The fourth-order valence-corrected chi connectivity index (χ4v) is 2.09. The van der Waals surface area contributed by atoms with Crippen LogP contribution in [0.1, 0.15) is 6.92 Å². The first kappa shape index (κ1) is 18.1. The van der Waals surface area contributed by atoms with Crippen LogP contribution in [0.5, 0.6) is 5.75 Å². The highest BCUT2D eigenvalue weighted by Crippen LogP contribution is 2.16. The van der Waals surface area contributed by atoms with Crippen molar-refractivity contribution in [3.63, 3.8) is 0 Å². The molecule has 6 nitrogen and oxygen atoms in total. The van der Waals surface area contributed by atoms with Gasteiger partial charge in [0.2, 0.25) is 11.8 Å². The van der Waals surface area contributed by atoms with E-state index in [1.807, 2.05) is 6.07 Å². The second-order valence-corrected chi connectivity index (χ2v) is 5.29. The minimum atomic E-state index is -0.176. The van der Waals surface area contributed by atoms with Crippen LogP contribution in [-0.4, -0.2) is 25.0 Å². The van der Waals surface area contributed by atoms with Gasteiger partial charge in [-0.25, -0.2) is 0 Å². The molecule has 2 rings (SSSR count). The minimum Gasteiger partial charge on any atom is -0.490 e.